The van der Waals surface area contributed by atoms with Gasteiger partial charge in [0.05, 0.1) is 5.60 Å². The fourth-order valence-corrected chi connectivity index (χ4v) is 2.92. The standard InChI is InChI=1S/C13H16ClNO2/c1-13(16)7-15(8-13)6-11-5-9-4-10(14)2-3-12(9)17-11/h2-4,11,16H,5-8H2,1H3. The number of β-amino-alcohol motifs (C(OH)–C–C–N with tert-alkyl or cyclic N) is 1. The van der Waals surface area contributed by atoms with Crippen molar-refractivity contribution in [2.75, 3.05) is 19.6 Å². The van der Waals surface area contributed by atoms with Crippen LogP contribution in [0.2, 0.25) is 5.02 Å². The highest BCUT2D eigenvalue weighted by molar-refractivity contribution is 6.30. The van der Waals surface area contributed by atoms with Crippen LogP contribution in [0, 0.1) is 0 Å². The second kappa shape index (κ2) is 3.87. The van der Waals surface area contributed by atoms with Gasteiger partial charge in [0.1, 0.15) is 11.9 Å². The Morgan fingerprint density at radius 3 is 3.00 bits per heavy atom. The summed E-state index contributed by atoms with van der Waals surface area (Å²) < 4.78 is 5.85. The van der Waals surface area contributed by atoms with Crippen molar-refractivity contribution < 1.29 is 9.84 Å². The zero-order valence-corrected chi connectivity index (χ0v) is 10.6. The first-order chi connectivity index (χ1) is 8.02. The Bertz CT molecular complexity index is 439. The Labute approximate surface area is 106 Å². The van der Waals surface area contributed by atoms with Gasteiger partial charge in [0, 0.05) is 31.1 Å². The molecule has 1 atom stereocenters. The summed E-state index contributed by atoms with van der Waals surface area (Å²) in [5.74, 6) is 0.951. The Balaban J connectivity index is 1.60. The molecule has 1 aromatic rings. The molecule has 0 bridgehead atoms. The second-order valence-electron chi connectivity index (χ2n) is 5.36. The number of nitrogens with zero attached hydrogens (tertiary/aromatic N) is 1. The summed E-state index contributed by atoms with van der Waals surface area (Å²) in [7, 11) is 0. The molecule has 3 nitrogen and oxygen atoms in total. The Hall–Kier alpha value is -0.770. The Morgan fingerprint density at radius 2 is 2.29 bits per heavy atom. The van der Waals surface area contributed by atoms with Crippen molar-refractivity contribution in [1.29, 1.82) is 0 Å². The molecule has 0 amide bonds. The van der Waals surface area contributed by atoms with Crippen molar-refractivity contribution in [2.45, 2.75) is 25.0 Å². The maximum absolute atomic E-state index is 9.67. The van der Waals surface area contributed by atoms with Crippen LogP contribution in [0.4, 0.5) is 0 Å². The molecule has 0 radical (unpaired) electrons. The first kappa shape index (κ1) is 11.3. The average molecular weight is 254 g/mol. The van der Waals surface area contributed by atoms with E-state index in [9.17, 15) is 5.11 Å². The van der Waals surface area contributed by atoms with Crippen molar-refractivity contribution in [1.82, 2.24) is 4.90 Å². The summed E-state index contributed by atoms with van der Waals surface area (Å²) in [5.41, 5.74) is 0.684. The van der Waals surface area contributed by atoms with Crippen molar-refractivity contribution in [3.8, 4) is 5.75 Å². The van der Waals surface area contributed by atoms with Gasteiger partial charge in [-0.3, -0.25) is 4.90 Å². The van der Waals surface area contributed by atoms with Crippen LogP contribution in [0.15, 0.2) is 18.2 Å². The SMILES string of the molecule is CC1(O)CN(CC2Cc3cc(Cl)ccc3O2)C1. The minimum atomic E-state index is -0.505. The average Bonchev–Trinajstić information content (AvgIpc) is 2.56. The van der Waals surface area contributed by atoms with Crippen molar-refractivity contribution in [3.63, 3.8) is 0 Å². The van der Waals surface area contributed by atoms with Crippen LogP contribution in [0.5, 0.6) is 5.75 Å². The lowest BCUT2D eigenvalue weighted by Crippen LogP contribution is -2.61. The van der Waals surface area contributed by atoms with Crippen LogP contribution >= 0.6 is 11.6 Å². The van der Waals surface area contributed by atoms with Crippen LogP contribution in [0.1, 0.15) is 12.5 Å². The molecule has 1 fully saturated rings. The lowest BCUT2D eigenvalue weighted by Gasteiger charge is -2.45. The highest BCUT2D eigenvalue weighted by Gasteiger charge is 2.38. The van der Waals surface area contributed by atoms with E-state index < -0.39 is 5.60 Å². The maximum Gasteiger partial charge on any atom is 0.123 e. The number of hydrogen-bond acceptors (Lipinski definition) is 3. The zero-order chi connectivity index (χ0) is 12.0. The molecule has 1 unspecified atom stereocenters. The summed E-state index contributed by atoms with van der Waals surface area (Å²) in [6.45, 7) is 4.23. The van der Waals surface area contributed by atoms with E-state index in [0.29, 0.717) is 0 Å². The predicted molar refractivity (Wildman–Crippen MR) is 66.6 cm³/mol. The van der Waals surface area contributed by atoms with E-state index in [-0.39, 0.29) is 6.10 Å². The summed E-state index contributed by atoms with van der Waals surface area (Å²) >= 11 is 5.95. The molecule has 17 heavy (non-hydrogen) atoms. The fourth-order valence-electron chi connectivity index (χ4n) is 2.73. The van der Waals surface area contributed by atoms with E-state index in [1.807, 2.05) is 25.1 Å². The number of halogens is 1. The second-order valence-corrected chi connectivity index (χ2v) is 5.80. The van der Waals surface area contributed by atoms with Gasteiger partial charge >= 0.3 is 0 Å². The van der Waals surface area contributed by atoms with Gasteiger partial charge in [-0.2, -0.15) is 0 Å². The molecule has 2 heterocycles. The van der Waals surface area contributed by atoms with Crippen molar-refractivity contribution >= 4 is 11.6 Å². The minimum absolute atomic E-state index is 0.194. The van der Waals surface area contributed by atoms with Gasteiger partial charge in [-0.15, -0.1) is 0 Å². The summed E-state index contributed by atoms with van der Waals surface area (Å²) in [4.78, 5) is 2.22. The van der Waals surface area contributed by atoms with Gasteiger partial charge in [0.2, 0.25) is 0 Å². The van der Waals surface area contributed by atoms with Gasteiger partial charge in [-0.05, 0) is 30.7 Å². The maximum atomic E-state index is 9.67. The monoisotopic (exact) mass is 253 g/mol. The van der Waals surface area contributed by atoms with Gasteiger partial charge < -0.3 is 9.84 Å². The predicted octanol–water partition coefficient (Wildman–Crippen LogP) is 1.71. The molecule has 92 valence electrons. The number of benzene rings is 1. The van der Waals surface area contributed by atoms with Crippen LogP contribution in [0.25, 0.3) is 0 Å². The summed E-state index contributed by atoms with van der Waals surface area (Å²) in [6, 6.07) is 5.77. The third-order valence-electron chi connectivity index (χ3n) is 3.35. The highest BCUT2D eigenvalue weighted by Crippen LogP contribution is 2.32. The molecule has 1 N–H and O–H groups in total. The third-order valence-corrected chi connectivity index (χ3v) is 3.59. The van der Waals surface area contributed by atoms with Crippen LogP contribution in [-0.2, 0) is 6.42 Å². The lowest BCUT2D eigenvalue weighted by molar-refractivity contribution is -0.0917. The molecule has 0 aliphatic carbocycles. The van der Waals surface area contributed by atoms with E-state index in [4.69, 9.17) is 16.3 Å². The lowest BCUT2D eigenvalue weighted by atomic mass is 9.96. The molecule has 2 aliphatic heterocycles. The number of ether oxygens (including phenoxy) is 1. The smallest absolute Gasteiger partial charge is 0.123 e. The number of rotatable bonds is 2. The summed E-state index contributed by atoms with van der Waals surface area (Å²) in [6.07, 6.45) is 1.11. The molecule has 1 aromatic carbocycles. The highest BCUT2D eigenvalue weighted by atomic mass is 35.5. The molecule has 0 aromatic heterocycles. The third kappa shape index (κ3) is 2.28. The molecule has 0 spiro atoms. The quantitative estimate of drug-likeness (QED) is 0.871. The normalized spacial score (nSPS) is 26.2. The molecule has 3 rings (SSSR count). The molecular formula is C13H16ClNO2. The van der Waals surface area contributed by atoms with E-state index in [1.54, 1.807) is 0 Å². The van der Waals surface area contributed by atoms with Crippen LogP contribution in [-0.4, -0.2) is 41.3 Å². The fraction of sp³-hybridized carbons (Fsp3) is 0.538. The zero-order valence-electron chi connectivity index (χ0n) is 9.82. The topological polar surface area (TPSA) is 32.7 Å². The van der Waals surface area contributed by atoms with E-state index in [1.165, 1.54) is 5.56 Å². The van der Waals surface area contributed by atoms with E-state index in [2.05, 4.69) is 4.90 Å². The largest absolute Gasteiger partial charge is 0.488 e. The first-order valence-corrected chi connectivity index (χ1v) is 6.29. The van der Waals surface area contributed by atoms with Gasteiger partial charge in [0.25, 0.3) is 0 Å². The van der Waals surface area contributed by atoms with Gasteiger partial charge in [-0.1, -0.05) is 11.6 Å². The number of hydrogen-bond donors (Lipinski definition) is 1. The van der Waals surface area contributed by atoms with Gasteiger partial charge in [0.15, 0.2) is 0 Å². The van der Waals surface area contributed by atoms with Gasteiger partial charge in [-0.25, -0.2) is 0 Å². The number of fused-ring (bicyclic) bond motifs is 1. The van der Waals surface area contributed by atoms with E-state index in [0.717, 1.165) is 36.8 Å². The molecular weight excluding hydrogens is 238 g/mol. The number of likely N-dealkylation sites (tertiary alicyclic amines) is 1. The van der Waals surface area contributed by atoms with Crippen molar-refractivity contribution in [3.05, 3.63) is 28.8 Å². The van der Waals surface area contributed by atoms with Crippen LogP contribution < -0.4 is 4.74 Å². The minimum Gasteiger partial charge on any atom is -0.488 e. The molecule has 4 heteroatoms. The molecule has 1 saturated heterocycles. The van der Waals surface area contributed by atoms with Crippen LogP contribution in [0.3, 0.4) is 0 Å². The van der Waals surface area contributed by atoms with E-state index >= 15 is 0 Å². The molecule has 2 aliphatic rings. The first-order valence-electron chi connectivity index (χ1n) is 5.92. The van der Waals surface area contributed by atoms with Crippen molar-refractivity contribution in [2.24, 2.45) is 0 Å². The number of aliphatic hydroxyl groups is 1. The Kier molecular flexibility index (Phi) is 2.58. The molecule has 0 saturated carbocycles. The Morgan fingerprint density at radius 1 is 1.53 bits per heavy atom. The summed E-state index contributed by atoms with van der Waals surface area (Å²) in [5, 5.41) is 10.4.